The van der Waals surface area contributed by atoms with E-state index in [1.165, 1.54) is 12.5 Å². The molecule has 88 valence electrons. The number of nitrogens with zero attached hydrogens (tertiary/aromatic N) is 1. The Morgan fingerprint density at radius 1 is 1.56 bits per heavy atom. The molecule has 1 fully saturated rings. The van der Waals surface area contributed by atoms with Gasteiger partial charge in [-0.25, -0.2) is 0 Å². The number of likely N-dealkylation sites (tertiary alicyclic amines) is 1. The molecule has 0 unspecified atom stereocenters. The largest absolute Gasteiger partial charge is 0.472 e. The minimum absolute atomic E-state index is 0.0737. The van der Waals surface area contributed by atoms with Gasteiger partial charge in [0.05, 0.1) is 11.8 Å². The molecule has 1 aliphatic heterocycles. The summed E-state index contributed by atoms with van der Waals surface area (Å²) in [6, 6.07) is 1.71. The van der Waals surface area contributed by atoms with Crippen molar-refractivity contribution in [1.82, 2.24) is 4.90 Å². The maximum atomic E-state index is 12.0. The van der Waals surface area contributed by atoms with E-state index in [-0.39, 0.29) is 5.91 Å². The lowest BCUT2D eigenvalue weighted by Crippen LogP contribution is -2.39. The summed E-state index contributed by atoms with van der Waals surface area (Å²) in [4.78, 5) is 13.8. The van der Waals surface area contributed by atoms with Crippen LogP contribution in [0.4, 0.5) is 0 Å². The van der Waals surface area contributed by atoms with Gasteiger partial charge in [0.25, 0.3) is 5.91 Å². The van der Waals surface area contributed by atoms with Crippen LogP contribution < -0.4 is 0 Å². The average molecular weight is 223 g/mol. The molecule has 1 aromatic heterocycles. The number of carbonyl (C=O) groups is 1. The highest BCUT2D eigenvalue weighted by atomic mass is 16.5. The maximum absolute atomic E-state index is 12.0. The third-order valence-corrected chi connectivity index (χ3v) is 3.07. The van der Waals surface area contributed by atoms with Gasteiger partial charge in [-0.2, -0.15) is 0 Å². The minimum Gasteiger partial charge on any atom is -0.472 e. The van der Waals surface area contributed by atoms with Crippen molar-refractivity contribution >= 4 is 5.91 Å². The number of methoxy groups -OCH3 is 1. The van der Waals surface area contributed by atoms with Gasteiger partial charge < -0.3 is 14.1 Å². The second-order valence-corrected chi connectivity index (χ2v) is 4.20. The standard InChI is InChI=1S/C12H17NO3/c1-15-8-10-2-5-13(6-3-10)12(14)11-4-7-16-9-11/h4,7,9-10H,2-3,5-6,8H2,1H3. The van der Waals surface area contributed by atoms with E-state index in [0.29, 0.717) is 11.5 Å². The summed E-state index contributed by atoms with van der Waals surface area (Å²) in [6.45, 7) is 2.43. The van der Waals surface area contributed by atoms with Gasteiger partial charge in [0, 0.05) is 26.8 Å². The Morgan fingerprint density at radius 3 is 2.88 bits per heavy atom. The van der Waals surface area contributed by atoms with Gasteiger partial charge in [0.2, 0.25) is 0 Å². The van der Waals surface area contributed by atoms with Crippen LogP contribution in [0.15, 0.2) is 23.0 Å². The molecule has 0 atom stereocenters. The number of hydrogen-bond donors (Lipinski definition) is 0. The summed E-state index contributed by atoms with van der Waals surface area (Å²) in [7, 11) is 1.73. The summed E-state index contributed by atoms with van der Waals surface area (Å²) in [5.41, 5.74) is 0.644. The first kappa shape index (κ1) is 11.2. The van der Waals surface area contributed by atoms with Gasteiger partial charge >= 0.3 is 0 Å². The monoisotopic (exact) mass is 223 g/mol. The first-order valence-corrected chi connectivity index (χ1v) is 5.61. The fraction of sp³-hybridized carbons (Fsp3) is 0.583. The smallest absolute Gasteiger partial charge is 0.257 e. The van der Waals surface area contributed by atoms with Crippen LogP contribution in [-0.4, -0.2) is 37.6 Å². The van der Waals surface area contributed by atoms with Crippen LogP contribution in [0.1, 0.15) is 23.2 Å². The molecule has 0 N–H and O–H groups in total. The second-order valence-electron chi connectivity index (χ2n) is 4.20. The van der Waals surface area contributed by atoms with E-state index in [0.717, 1.165) is 32.5 Å². The molecule has 16 heavy (non-hydrogen) atoms. The van der Waals surface area contributed by atoms with E-state index >= 15 is 0 Å². The van der Waals surface area contributed by atoms with E-state index in [9.17, 15) is 4.79 Å². The molecule has 0 aliphatic carbocycles. The van der Waals surface area contributed by atoms with Gasteiger partial charge in [-0.05, 0) is 24.8 Å². The van der Waals surface area contributed by atoms with Gasteiger partial charge in [-0.3, -0.25) is 4.79 Å². The third kappa shape index (κ3) is 2.44. The Kier molecular flexibility index (Phi) is 3.62. The topological polar surface area (TPSA) is 42.7 Å². The van der Waals surface area contributed by atoms with Gasteiger partial charge in [0.1, 0.15) is 6.26 Å². The van der Waals surface area contributed by atoms with Crippen molar-refractivity contribution in [2.24, 2.45) is 5.92 Å². The number of hydrogen-bond acceptors (Lipinski definition) is 3. The first-order valence-electron chi connectivity index (χ1n) is 5.61. The van der Waals surface area contributed by atoms with E-state index in [1.807, 2.05) is 4.90 Å². The predicted molar refractivity (Wildman–Crippen MR) is 59.2 cm³/mol. The fourth-order valence-electron chi connectivity index (χ4n) is 2.11. The first-order chi connectivity index (χ1) is 7.81. The van der Waals surface area contributed by atoms with Gasteiger partial charge in [-0.1, -0.05) is 0 Å². The van der Waals surface area contributed by atoms with Crippen molar-refractivity contribution in [3.63, 3.8) is 0 Å². The zero-order chi connectivity index (χ0) is 11.4. The molecule has 2 rings (SSSR count). The highest BCUT2D eigenvalue weighted by molar-refractivity contribution is 5.93. The zero-order valence-corrected chi connectivity index (χ0v) is 9.52. The van der Waals surface area contributed by atoms with Crippen molar-refractivity contribution in [2.75, 3.05) is 26.8 Å². The summed E-state index contributed by atoms with van der Waals surface area (Å²) in [5.74, 6) is 0.669. The van der Waals surface area contributed by atoms with Crippen LogP contribution in [0.3, 0.4) is 0 Å². The van der Waals surface area contributed by atoms with Crippen molar-refractivity contribution in [3.8, 4) is 0 Å². The number of rotatable bonds is 3. The molecule has 4 heteroatoms. The number of piperidine rings is 1. The summed E-state index contributed by atoms with van der Waals surface area (Å²) < 4.78 is 10.0. The fourth-order valence-corrected chi connectivity index (χ4v) is 2.11. The highest BCUT2D eigenvalue weighted by Gasteiger charge is 2.23. The maximum Gasteiger partial charge on any atom is 0.257 e. The van der Waals surface area contributed by atoms with Crippen LogP contribution in [-0.2, 0) is 4.74 Å². The predicted octanol–water partition coefficient (Wildman–Crippen LogP) is 1.78. The average Bonchev–Trinajstić information content (AvgIpc) is 2.83. The molecule has 0 aromatic carbocycles. The van der Waals surface area contributed by atoms with Crippen LogP contribution in [0.2, 0.25) is 0 Å². The van der Waals surface area contributed by atoms with E-state index in [2.05, 4.69) is 0 Å². The van der Waals surface area contributed by atoms with Crippen molar-refractivity contribution in [2.45, 2.75) is 12.8 Å². The van der Waals surface area contributed by atoms with Crippen LogP contribution in [0.5, 0.6) is 0 Å². The van der Waals surface area contributed by atoms with E-state index in [1.54, 1.807) is 13.2 Å². The summed E-state index contributed by atoms with van der Waals surface area (Å²) in [6.07, 6.45) is 5.09. The lowest BCUT2D eigenvalue weighted by molar-refractivity contribution is 0.0613. The van der Waals surface area contributed by atoms with Crippen molar-refractivity contribution < 1.29 is 13.9 Å². The van der Waals surface area contributed by atoms with Crippen LogP contribution >= 0.6 is 0 Å². The highest BCUT2D eigenvalue weighted by Crippen LogP contribution is 2.19. The third-order valence-electron chi connectivity index (χ3n) is 3.07. The molecule has 0 saturated carbocycles. The lowest BCUT2D eigenvalue weighted by Gasteiger charge is -2.31. The van der Waals surface area contributed by atoms with Gasteiger partial charge in [0.15, 0.2) is 0 Å². The van der Waals surface area contributed by atoms with Crippen molar-refractivity contribution in [1.29, 1.82) is 0 Å². The molecule has 0 radical (unpaired) electrons. The normalized spacial score (nSPS) is 17.7. The van der Waals surface area contributed by atoms with Crippen LogP contribution in [0.25, 0.3) is 0 Å². The zero-order valence-electron chi connectivity index (χ0n) is 9.52. The molecule has 1 aliphatic rings. The Balaban J connectivity index is 1.87. The molecular formula is C12H17NO3. The number of furan rings is 1. The van der Waals surface area contributed by atoms with E-state index < -0.39 is 0 Å². The van der Waals surface area contributed by atoms with E-state index in [4.69, 9.17) is 9.15 Å². The van der Waals surface area contributed by atoms with Gasteiger partial charge in [-0.15, -0.1) is 0 Å². The summed E-state index contributed by atoms with van der Waals surface area (Å²) >= 11 is 0. The molecule has 4 nitrogen and oxygen atoms in total. The number of amides is 1. The molecule has 0 spiro atoms. The Morgan fingerprint density at radius 2 is 2.31 bits per heavy atom. The molecule has 1 aromatic rings. The Bertz CT molecular complexity index is 326. The molecular weight excluding hydrogens is 206 g/mol. The summed E-state index contributed by atoms with van der Waals surface area (Å²) in [5, 5.41) is 0. The second kappa shape index (κ2) is 5.16. The van der Waals surface area contributed by atoms with Crippen molar-refractivity contribution in [3.05, 3.63) is 24.2 Å². The SMILES string of the molecule is COCC1CCN(C(=O)c2ccoc2)CC1. The molecule has 1 saturated heterocycles. The molecule has 2 heterocycles. The quantitative estimate of drug-likeness (QED) is 0.784. The molecule has 0 bridgehead atoms. The Labute approximate surface area is 95.2 Å². The number of carbonyl (C=O) groups excluding carboxylic acids is 1. The Hall–Kier alpha value is -1.29. The number of ether oxygens (including phenoxy) is 1. The lowest BCUT2D eigenvalue weighted by atomic mass is 9.97. The van der Waals surface area contributed by atoms with Crippen LogP contribution in [0, 0.1) is 5.92 Å². The minimum atomic E-state index is 0.0737. The molecule has 1 amide bonds.